The highest BCUT2D eigenvalue weighted by Gasteiger charge is 2.31. The van der Waals surface area contributed by atoms with Crippen molar-refractivity contribution in [3.8, 4) is 0 Å². The summed E-state index contributed by atoms with van der Waals surface area (Å²) in [5, 5.41) is 7.74. The molecule has 0 radical (unpaired) electrons. The highest BCUT2D eigenvalue weighted by Crippen LogP contribution is 2.29. The fraction of sp³-hybridized carbons (Fsp3) is 0.762. The van der Waals surface area contributed by atoms with Gasteiger partial charge in [0.25, 0.3) is 0 Å². The molecule has 0 bridgehead atoms. The summed E-state index contributed by atoms with van der Waals surface area (Å²) in [5.41, 5.74) is 0.930. The maximum Gasteiger partial charge on any atom is 0.222 e. The Balaban J connectivity index is 1.57. The van der Waals surface area contributed by atoms with E-state index in [0.717, 1.165) is 37.4 Å². The summed E-state index contributed by atoms with van der Waals surface area (Å²) in [5.74, 6) is 1.95. The molecule has 0 unspecified atom stereocenters. The predicted octanol–water partition coefficient (Wildman–Crippen LogP) is 1.82. The van der Waals surface area contributed by atoms with E-state index in [1.807, 2.05) is 9.80 Å². The number of amides is 2. The van der Waals surface area contributed by atoms with E-state index in [1.54, 1.807) is 6.92 Å². The van der Waals surface area contributed by atoms with Gasteiger partial charge in [0.15, 0.2) is 0 Å². The topological polar surface area (TPSA) is 78.7 Å². The van der Waals surface area contributed by atoms with Gasteiger partial charge in [-0.25, -0.2) is 0 Å². The van der Waals surface area contributed by atoms with Gasteiger partial charge in [-0.1, -0.05) is 25.9 Å². The van der Waals surface area contributed by atoms with Crippen LogP contribution in [0.2, 0.25) is 0 Å². The van der Waals surface area contributed by atoms with Crippen LogP contribution in [-0.2, 0) is 21.4 Å². The van der Waals surface area contributed by atoms with Crippen molar-refractivity contribution in [1.29, 1.82) is 0 Å². The van der Waals surface area contributed by atoms with Crippen molar-refractivity contribution in [1.82, 2.24) is 20.3 Å². The van der Waals surface area contributed by atoms with Crippen molar-refractivity contribution < 1.29 is 14.1 Å². The summed E-state index contributed by atoms with van der Waals surface area (Å²) in [7, 11) is 0. The van der Waals surface area contributed by atoms with E-state index in [4.69, 9.17) is 4.52 Å². The van der Waals surface area contributed by atoms with Crippen molar-refractivity contribution in [2.75, 3.05) is 39.3 Å². The number of hydrogen-bond acceptors (Lipinski definition) is 5. The third-order valence-electron chi connectivity index (χ3n) is 6.05. The van der Waals surface area contributed by atoms with Crippen LogP contribution in [0, 0.1) is 11.8 Å². The van der Waals surface area contributed by atoms with Gasteiger partial charge in [-0.05, 0) is 37.8 Å². The second-order valence-electron chi connectivity index (χ2n) is 9.24. The van der Waals surface area contributed by atoms with E-state index in [2.05, 4.69) is 37.3 Å². The summed E-state index contributed by atoms with van der Waals surface area (Å²) in [6.07, 6.45) is 2.42. The minimum absolute atomic E-state index is 0.0482. The molecule has 2 saturated heterocycles. The van der Waals surface area contributed by atoms with E-state index >= 15 is 0 Å². The van der Waals surface area contributed by atoms with Gasteiger partial charge in [0.2, 0.25) is 11.8 Å². The summed E-state index contributed by atoms with van der Waals surface area (Å²) in [4.78, 5) is 28.1. The molecule has 3 rings (SSSR count). The molecule has 7 heteroatoms. The number of hydrogen-bond donors (Lipinski definition) is 1. The molecule has 1 aromatic rings. The minimum Gasteiger partial charge on any atom is -0.361 e. The van der Waals surface area contributed by atoms with E-state index in [9.17, 15) is 9.59 Å². The van der Waals surface area contributed by atoms with Crippen LogP contribution in [0.15, 0.2) is 10.6 Å². The Morgan fingerprint density at radius 2 is 1.86 bits per heavy atom. The monoisotopic (exact) mass is 390 g/mol. The first-order valence-electron chi connectivity index (χ1n) is 10.4. The molecule has 0 aromatic carbocycles. The molecule has 0 spiro atoms. The first kappa shape index (κ1) is 20.8. The molecule has 0 saturated carbocycles. The van der Waals surface area contributed by atoms with Crippen LogP contribution in [-0.4, -0.2) is 66.0 Å². The average molecular weight is 391 g/mol. The van der Waals surface area contributed by atoms with Crippen LogP contribution < -0.4 is 5.32 Å². The van der Waals surface area contributed by atoms with Crippen LogP contribution >= 0.6 is 0 Å². The molecule has 2 aliphatic rings. The van der Waals surface area contributed by atoms with E-state index < -0.39 is 0 Å². The zero-order valence-corrected chi connectivity index (χ0v) is 17.7. The molecular weight excluding hydrogens is 356 g/mol. The van der Waals surface area contributed by atoms with E-state index in [0.29, 0.717) is 44.4 Å². The van der Waals surface area contributed by atoms with Crippen molar-refractivity contribution >= 4 is 11.8 Å². The van der Waals surface area contributed by atoms with Gasteiger partial charge in [0.1, 0.15) is 5.76 Å². The Morgan fingerprint density at radius 1 is 1.18 bits per heavy atom. The Labute approximate surface area is 167 Å². The quantitative estimate of drug-likeness (QED) is 0.848. The van der Waals surface area contributed by atoms with Crippen LogP contribution in [0.1, 0.15) is 52.0 Å². The second-order valence-corrected chi connectivity index (χ2v) is 9.24. The van der Waals surface area contributed by atoms with Gasteiger partial charge in [0.05, 0.1) is 5.69 Å². The van der Waals surface area contributed by atoms with Crippen LogP contribution in [0.3, 0.4) is 0 Å². The predicted molar refractivity (Wildman–Crippen MR) is 107 cm³/mol. The number of piperazine rings is 1. The van der Waals surface area contributed by atoms with Crippen molar-refractivity contribution in [2.24, 2.45) is 11.8 Å². The summed E-state index contributed by atoms with van der Waals surface area (Å²) in [6.45, 7) is 12.4. The van der Waals surface area contributed by atoms with Crippen LogP contribution in [0.4, 0.5) is 0 Å². The third-order valence-corrected chi connectivity index (χ3v) is 6.05. The molecule has 0 aliphatic carbocycles. The lowest BCUT2D eigenvalue weighted by molar-refractivity contribution is -0.139. The SMILES string of the molecule is CC(=O)N1CCN(C(=O)C[C@@H]2CCNC[C@@H]2Cc2cc(C(C)(C)C)on2)CC1. The normalized spacial score (nSPS) is 23.7. The van der Waals surface area contributed by atoms with Crippen molar-refractivity contribution in [3.63, 3.8) is 0 Å². The zero-order valence-electron chi connectivity index (χ0n) is 17.7. The molecule has 156 valence electrons. The summed E-state index contributed by atoms with van der Waals surface area (Å²) >= 11 is 0. The summed E-state index contributed by atoms with van der Waals surface area (Å²) in [6, 6.07) is 2.06. The lowest BCUT2D eigenvalue weighted by Gasteiger charge is -2.37. The minimum atomic E-state index is -0.0482. The van der Waals surface area contributed by atoms with Crippen LogP contribution in [0.25, 0.3) is 0 Å². The molecular formula is C21H34N4O3. The maximum absolute atomic E-state index is 12.8. The summed E-state index contributed by atoms with van der Waals surface area (Å²) < 4.78 is 5.53. The number of piperidine rings is 1. The molecule has 2 aliphatic heterocycles. The largest absolute Gasteiger partial charge is 0.361 e. The molecule has 7 nitrogen and oxygen atoms in total. The van der Waals surface area contributed by atoms with Gasteiger partial charge >= 0.3 is 0 Å². The van der Waals surface area contributed by atoms with Gasteiger partial charge in [-0.15, -0.1) is 0 Å². The Kier molecular flexibility index (Phi) is 6.43. The smallest absolute Gasteiger partial charge is 0.222 e. The molecule has 3 heterocycles. The van der Waals surface area contributed by atoms with Gasteiger partial charge < -0.3 is 19.6 Å². The number of carbonyl (C=O) groups is 2. The zero-order chi connectivity index (χ0) is 20.3. The Hall–Kier alpha value is -1.89. The fourth-order valence-electron chi connectivity index (χ4n) is 4.14. The molecule has 1 aromatic heterocycles. The molecule has 2 amide bonds. The van der Waals surface area contributed by atoms with Crippen LogP contribution in [0.5, 0.6) is 0 Å². The highest BCUT2D eigenvalue weighted by atomic mass is 16.5. The number of aromatic nitrogens is 1. The first-order chi connectivity index (χ1) is 13.2. The fourth-order valence-corrected chi connectivity index (χ4v) is 4.14. The standard InChI is InChI=1S/C21H34N4O3/c1-15(26)24-7-9-25(10-8-24)20(27)12-16-5-6-22-14-17(16)11-18-13-19(28-23-18)21(2,3)4/h13,16-17,22H,5-12,14H2,1-4H3/t16-,17-/m0/s1. The lowest BCUT2D eigenvalue weighted by Crippen LogP contribution is -2.51. The lowest BCUT2D eigenvalue weighted by atomic mass is 9.80. The number of carbonyl (C=O) groups excluding carboxylic acids is 2. The van der Waals surface area contributed by atoms with E-state index in [-0.39, 0.29) is 17.2 Å². The van der Waals surface area contributed by atoms with Gasteiger partial charge in [-0.3, -0.25) is 9.59 Å². The van der Waals surface area contributed by atoms with Gasteiger partial charge in [0, 0.05) is 51.0 Å². The number of nitrogens with zero attached hydrogens (tertiary/aromatic N) is 3. The molecule has 2 fully saturated rings. The third kappa shape index (κ3) is 5.13. The first-order valence-corrected chi connectivity index (χ1v) is 10.4. The van der Waals surface area contributed by atoms with Crippen molar-refractivity contribution in [2.45, 2.75) is 52.4 Å². The van der Waals surface area contributed by atoms with E-state index in [1.165, 1.54) is 0 Å². The Bertz CT molecular complexity index is 686. The number of nitrogens with one attached hydrogen (secondary N) is 1. The molecule has 28 heavy (non-hydrogen) atoms. The maximum atomic E-state index is 12.8. The highest BCUT2D eigenvalue weighted by molar-refractivity contribution is 5.77. The van der Waals surface area contributed by atoms with Crippen molar-refractivity contribution in [3.05, 3.63) is 17.5 Å². The molecule has 2 atom stereocenters. The molecule has 1 N–H and O–H groups in total. The number of rotatable bonds is 4. The average Bonchev–Trinajstić information content (AvgIpc) is 3.12. The van der Waals surface area contributed by atoms with Gasteiger partial charge in [-0.2, -0.15) is 0 Å². The Morgan fingerprint density at radius 3 is 2.46 bits per heavy atom. The second kappa shape index (κ2) is 8.64.